The van der Waals surface area contributed by atoms with E-state index in [1.165, 1.54) is 11.8 Å². The first-order valence-corrected chi connectivity index (χ1v) is 6.01. The van der Waals surface area contributed by atoms with Gasteiger partial charge < -0.3 is 0 Å². The zero-order valence-electron chi connectivity index (χ0n) is 4.90. The van der Waals surface area contributed by atoms with Gasteiger partial charge in [-0.2, -0.15) is 5.26 Å². The third-order valence-electron chi connectivity index (χ3n) is 0.675. The molecule has 56 valence electrons. The first kappa shape index (κ1) is 11.0. The van der Waals surface area contributed by atoms with E-state index >= 15 is 0 Å². The lowest BCUT2D eigenvalue weighted by Crippen LogP contribution is -1.81. The van der Waals surface area contributed by atoms with Gasteiger partial charge in [0.15, 0.2) is 0 Å². The Hall–Kier alpha value is 1.02. The molecule has 0 amide bonds. The highest BCUT2D eigenvalue weighted by Gasteiger charge is 1.98. The van der Waals surface area contributed by atoms with E-state index < -0.39 is 0 Å². The average molecular weight is 350 g/mol. The Morgan fingerprint density at radius 1 is 1.40 bits per heavy atom. The SMILES string of the molecule is N#CSC/C(Br)=C(\Br)CBr. The smallest absolute Gasteiger partial charge is 0.133 e. The van der Waals surface area contributed by atoms with Gasteiger partial charge in [0.1, 0.15) is 5.40 Å². The summed E-state index contributed by atoms with van der Waals surface area (Å²) in [6.07, 6.45) is 0. The lowest BCUT2D eigenvalue weighted by Gasteiger charge is -1.95. The number of alkyl halides is 1. The quantitative estimate of drug-likeness (QED) is 0.574. The molecule has 0 aliphatic rings. The Labute approximate surface area is 89.6 Å². The number of nitrogens with zero attached hydrogens (tertiary/aromatic N) is 1. The van der Waals surface area contributed by atoms with Crippen molar-refractivity contribution in [3.63, 3.8) is 0 Å². The van der Waals surface area contributed by atoms with Crippen molar-refractivity contribution in [2.75, 3.05) is 11.1 Å². The first-order valence-electron chi connectivity index (χ1n) is 2.32. The van der Waals surface area contributed by atoms with Crippen LogP contribution in [-0.4, -0.2) is 11.1 Å². The molecule has 10 heavy (non-hydrogen) atoms. The third kappa shape index (κ3) is 4.78. The molecule has 0 unspecified atom stereocenters. The number of thioether (sulfide) groups is 1. The first-order chi connectivity index (χ1) is 4.72. The lowest BCUT2D eigenvalue weighted by atomic mass is 10.6. The standard InChI is InChI=1S/C5H4Br3NS/c6-1-4(7)5(8)2-10-3-9/h1-2H2/b5-4+. The van der Waals surface area contributed by atoms with Crippen LogP contribution in [0.25, 0.3) is 0 Å². The van der Waals surface area contributed by atoms with Crippen LogP contribution in [-0.2, 0) is 0 Å². The largest absolute Gasteiger partial charge is 0.185 e. The molecule has 0 saturated heterocycles. The maximum atomic E-state index is 8.21. The van der Waals surface area contributed by atoms with Crippen molar-refractivity contribution in [2.45, 2.75) is 0 Å². The van der Waals surface area contributed by atoms with Crippen LogP contribution in [0.15, 0.2) is 8.96 Å². The monoisotopic (exact) mass is 347 g/mol. The molecule has 0 aliphatic carbocycles. The van der Waals surface area contributed by atoms with Gasteiger partial charge in [-0.05, 0) is 11.8 Å². The molecule has 0 rings (SSSR count). The van der Waals surface area contributed by atoms with E-state index in [9.17, 15) is 0 Å². The molecule has 0 atom stereocenters. The highest BCUT2D eigenvalue weighted by molar-refractivity contribution is 9.15. The van der Waals surface area contributed by atoms with E-state index in [-0.39, 0.29) is 0 Å². The van der Waals surface area contributed by atoms with Crippen LogP contribution >= 0.6 is 59.6 Å². The maximum absolute atomic E-state index is 8.21. The third-order valence-corrected chi connectivity index (χ3v) is 4.97. The molecule has 0 aromatic rings. The summed E-state index contributed by atoms with van der Waals surface area (Å²) in [4.78, 5) is 0. The Kier molecular flexibility index (Phi) is 7.40. The minimum Gasteiger partial charge on any atom is -0.185 e. The molecule has 0 aliphatic heterocycles. The zero-order chi connectivity index (χ0) is 7.98. The summed E-state index contributed by atoms with van der Waals surface area (Å²) >= 11 is 11.2. The summed E-state index contributed by atoms with van der Waals surface area (Å²) < 4.78 is 2.08. The van der Waals surface area contributed by atoms with Crippen molar-refractivity contribution < 1.29 is 0 Å². The van der Waals surface area contributed by atoms with Gasteiger partial charge in [-0.3, -0.25) is 0 Å². The van der Waals surface area contributed by atoms with Crippen molar-refractivity contribution in [1.29, 1.82) is 5.26 Å². The summed E-state index contributed by atoms with van der Waals surface area (Å²) in [5, 5.41) is 11.0. The fraction of sp³-hybridized carbons (Fsp3) is 0.400. The van der Waals surface area contributed by atoms with Gasteiger partial charge in [0, 0.05) is 20.0 Å². The van der Waals surface area contributed by atoms with Crippen LogP contribution in [0.5, 0.6) is 0 Å². The zero-order valence-corrected chi connectivity index (χ0v) is 10.5. The van der Waals surface area contributed by atoms with Gasteiger partial charge in [0.05, 0.1) is 0 Å². The number of thiocyanates is 1. The molecule has 0 radical (unpaired) electrons. The summed E-state index contributed by atoms with van der Waals surface area (Å²) in [6, 6.07) is 0. The highest BCUT2D eigenvalue weighted by atomic mass is 79.9. The van der Waals surface area contributed by atoms with Gasteiger partial charge >= 0.3 is 0 Å². The molecule has 0 saturated carbocycles. The molecule has 0 bridgehead atoms. The minimum atomic E-state index is 0.697. The second kappa shape index (κ2) is 6.71. The summed E-state index contributed by atoms with van der Waals surface area (Å²) in [5.41, 5.74) is 0. The molecule has 5 heteroatoms. The van der Waals surface area contributed by atoms with Gasteiger partial charge in [-0.15, -0.1) is 0 Å². The van der Waals surface area contributed by atoms with Crippen molar-refractivity contribution in [3.05, 3.63) is 8.96 Å². The van der Waals surface area contributed by atoms with E-state index in [1.54, 1.807) is 0 Å². The second-order valence-electron chi connectivity index (χ2n) is 1.32. The van der Waals surface area contributed by atoms with E-state index in [4.69, 9.17) is 5.26 Å². The Balaban J connectivity index is 3.82. The van der Waals surface area contributed by atoms with E-state index in [0.717, 1.165) is 14.3 Å². The molecule has 0 spiro atoms. The minimum absolute atomic E-state index is 0.697. The van der Waals surface area contributed by atoms with Crippen molar-refractivity contribution >= 4 is 59.6 Å². The fourth-order valence-corrected chi connectivity index (χ4v) is 2.14. The van der Waals surface area contributed by atoms with Crippen molar-refractivity contribution in [3.8, 4) is 5.40 Å². The molecular weight excluding hydrogens is 346 g/mol. The topological polar surface area (TPSA) is 23.8 Å². The Morgan fingerprint density at radius 2 is 2.00 bits per heavy atom. The number of allylic oxidation sites excluding steroid dienone is 1. The number of hydrogen-bond acceptors (Lipinski definition) is 2. The van der Waals surface area contributed by atoms with Gasteiger partial charge in [0.25, 0.3) is 0 Å². The molecule has 1 nitrogen and oxygen atoms in total. The average Bonchev–Trinajstić information content (AvgIpc) is 1.98. The van der Waals surface area contributed by atoms with Crippen LogP contribution in [0.3, 0.4) is 0 Å². The predicted molar refractivity (Wildman–Crippen MR) is 56.7 cm³/mol. The van der Waals surface area contributed by atoms with Crippen molar-refractivity contribution in [1.82, 2.24) is 0 Å². The Bertz CT molecular complexity index is 172. The van der Waals surface area contributed by atoms with E-state index in [0.29, 0.717) is 5.75 Å². The molecule has 0 aromatic heterocycles. The highest BCUT2D eigenvalue weighted by Crippen LogP contribution is 2.22. The molecule has 0 fully saturated rings. The van der Waals surface area contributed by atoms with Crippen LogP contribution in [0, 0.1) is 10.7 Å². The van der Waals surface area contributed by atoms with Crippen LogP contribution in [0.4, 0.5) is 0 Å². The molecule has 0 heterocycles. The maximum Gasteiger partial charge on any atom is 0.133 e. The number of rotatable bonds is 3. The second-order valence-corrected chi connectivity index (χ2v) is 4.56. The van der Waals surface area contributed by atoms with E-state index in [1.807, 2.05) is 5.40 Å². The number of halogens is 3. The number of nitriles is 1. The van der Waals surface area contributed by atoms with Crippen molar-refractivity contribution in [2.24, 2.45) is 0 Å². The summed E-state index contributed by atoms with van der Waals surface area (Å²) in [6.45, 7) is 0. The predicted octanol–water partition coefficient (Wildman–Crippen LogP) is 3.60. The normalized spacial score (nSPS) is 12.2. The summed E-state index contributed by atoms with van der Waals surface area (Å²) in [5.74, 6) is 0.697. The molecule has 0 N–H and O–H groups in total. The van der Waals surface area contributed by atoms with Crippen LogP contribution in [0.2, 0.25) is 0 Å². The van der Waals surface area contributed by atoms with E-state index in [2.05, 4.69) is 47.8 Å². The van der Waals surface area contributed by atoms with Gasteiger partial charge in [0.2, 0.25) is 0 Å². The molecular formula is C5H4Br3NS. The number of hydrogen-bond donors (Lipinski definition) is 0. The van der Waals surface area contributed by atoms with Crippen LogP contribution in [0.1, 0.15) is 0 Å². The molecule has 0 aromatic carbocycles. The lowest BCUT2D eigenvalue weighted by molar-refractivity contribution is 1.56. The fourth-order valence-electron chi connectivity index (χ4n) is 0.246. The summed E-state index contributed by atoms with van der Waals surface area (Å²) in [7, 11) is 0. The van der Waals surface area contributed by atoms with Gasteiger partial charge in [-0.25, -0.2) is 0 Å². The Morgan fingerprint density at radius 3 is 2.40 bits per heavy atom. The van der Waals surface area contributed by atoms with Gasteiger partial charge in [-0.1, -0.05) is 47.8 Å². The van der Waals surface area contributed by atoms with Crippen LogP contribution < -0.4 is 0 Å².